The molecular formula is C27H38F3N4O14P. The van der Waals surface area contributed by atoms with Crippen molar-refractivity contribution in [1.82, 2.24) is 10.2 Å². The zero-order chi connectivity index (χ0) is 37.7. The van der Waals surface area contributed by atoms with Crippen LogP contribution in [0.5, 0.6) is 0 Å². The first kappa shape index (κ1) is 42.9. The normalized spacial score (nSPS) is 20.1. The number of primary amides is 1. The molecule has 276 valence electrons. The summed E-state index contributed by atoms with van der Waals surface area (Å²) < 4.78 is 79.1. The van der Waals surface area contributed by atoms with Crippen molar-refractivity contribution in [2.75, 3.05) is 20.8 Å². The molecule has 1 fully saturated rings. The van der Waals surface area contributed by atoms with Gasteiger partial charge in [0.1, 0.15) is 29.7 Å². The molecule has 1 aromatic rings. The van der Waals surface area contributed by atoms with E-state index in [1.807, 2.05) is 0 Å². The van der Waals surface area contributed by atoms with Gasteiger partial charge in [-0.25, -0.2) is 10.2 Å². The van der Waals surface area contributed by atoms with Crippen LogP contribution in [-0.2, 0) is 56.7 Å². The number of rotatable bonds is 15. The lowest BCUT2D eigenvalue weighted by molar-refractivity contribution is -0.765. The van der Waals surface area contributed by atoms with Gasteiger partial charge in [0.25, 0.3) is 5.91 Å². The second kappa shape index (κ2) is 19.1. The monoisotopic (exact) mass is 730 g/mol. The maximum Gasteiger partial charge on any atom is 0.430 e. The van der Waals surface area contributed by atoms with Crippen LogP contribution in [0.1, 0.15) is 57.1 Å². The zero-order valence-corrected chi connectivity index (χ0v) is 28.1. The Morgan fingerprint density at radius 3 is 1.86 bits per heavy atom. The quantitative estimate of drug-likeness (QED) is 0.0876. The third-order valence-corrected chi connectivity index (χ3v) is 8.25. The summed E-state index contributed by atoms with van der Waals surface area (Å²) in [6, 6.07) is 0.696. The molecule has 18 nitrogen and oxygen atoms in total. The lowest BCUT2D eigenvalue weighted by atomic mass is 10.1. The number of halogens is 3. The number of methoxy groups -OCH3 is 2. The molecule has 2 heterocycles. The third kappa shape index (κ3) is 13.3. The number of carboxylic acid groups (broad SMARTS) is 1. The second-order valence-electron chi connectivity index (χ2n) is 9.97. The molecule has 22 heteroatoms. The summed E-state index contributed by atoms with van der Waals surface area (Å²) in [6.45, 7) is 5.31. The van der Waals surface area contributed by atoms with Gasteiger partial charge in [-0.2, -0.15) is 17.7 Å². The summed E-state index contributed by atoms with van der Waals surface area (Å²) in [5, 5.41) is 13.8. The van der Waals surface area contributed by atoms with Crippen LogP contribution in [-0.4, -0.2) is 93.2 Å². The molecule has 4 N–H and O–H groups in total. The Balaban J connectivity index is 0.00000154. The summed E-state index contributed by atoms with van der Waals surface area (Å²) in [5.74, 6) is -6.55. The highest BCUT2D eigenvalue weighted by Crippen LogP contribution is 2.41. The number of amides is 1. The van der Waals surface area contributed by atoms with E-state index in [0.29, 0.717) is 0 Å². The van der Waals surface area contributed by atoms with E-state index >= 15 is 0 Å². The predicted molar refractivity (Wildman–Crippen MR) is 153 cm³/mol. The van der Waals surface area contributed by atoms with Crippen molar-refractivity contribution in [2.45, 2.75) is 83.3 Å². The highest BCUT2D eigenvalue weighted by molar-refractivity contribution is 7.54. The van der Waals surface area contributed by atoms with Gasteiger partial charge >= 0.3 is 44.0 Å². The van der Waals surface area contributed by atoms with Crippen molar-refractivity contribution in [3.63, 3.8) is 0 Å². The Hall–Kier alpha value is -4.17. The van der Waals surface area contributed by atoms with Crippen LogP contribution in [0.4, 0.5) is 13.2 Å². The van der Waals surface area contributed by atoms with Crippen molar-refractivity contribution in [3.05, 3.63) is 30.1 Å². The van der Waals surface area contributed by atoms with E-state index in [1.54, 1.807) is 13.8 Å². The Morgan fingerprint density at radius 2 is 1.45 bits per heavy atom. The second-order valence-corrected chi connectivity index (χ2v) is 11.8. The van der Waals surface area contributed by atoms with Crippen molar-refractivity contribution < 1.29 is 84.4 Å². The first-order valence-electron chi connectivity index (χ1n) is 14.3. The summed E-state index contributed by atoms with van der Waals surface area (Å²) in [5.41, 5.74) is 5.54. The number of carbonyl (C=O) groups is 6. The fourth-order valence-corrected chi connectivity index (χ4v) is 5.69. The summed E-state index contributed by atoms with van der Waals surface area (Å²) >= 11 is 0. The molecule has 0 bridgehead atoms. The maximum absolute atomic E-state index is 13.8. The Bertz CT molecular complexity index is 1370. The number of nitrogens with zero attached hydrogens (tertiary/aromatic N) is 1. The summed E-state index contributed by atoms with van der Waals surface area (Å²) in [4.78, 5) is 69.4. The number of ether oxygens (including phenoxy) is 5. The Labute approximate surface area is 278 Å². The fourth-order valence-electron chi connectivity index (χ4n) is 3.88. The number of alkyl halides is 3. The van der Waals surface area contributed by atoms with Crippen molar-refractivity contribution in [3.8, 4) is 0 Å². The van der Waals surface area contributed by atoms with Crippen LogP contribution in [0.25, 0.3) is 0 Å². The van der Waals surface area contributed by atoms with Crippen LogP contribution in [0, 0.1) is 0 Å². The molecule has 49 heavy (non-hydrogen) atoms. The number of hydrogen-bond donors (Lipinski definition) is 3. The lowest BCUT2D eigenvalue weighted by Gasteiger charge is -2.27. The number of esters is 4. The number of aromatic nitrogens is 1. The van der Waals surface area contributed by atoms with E-state index in [4.69, 9.17) is 34.4 Å². The molecule has 0 unspecified atom stereocenters. The van der Waals surface area contributed by atoms with Crippen LogP contribution in [0.15, 0.2) is 24.5 Å². The minimum absolute atomic E-state index is 0.00923. The van der Waals surface area contributed by atoms with Gasteiger partial charge < -0.3 is 43.8 Å². The molecule has 0 spiro atoms. The molecule has 1 aliphatic heterocycles. The highest BCUT2D eigenvalue weighted by Gasteiger charge is 2.55. The average Bonchev–Trinajstić information content (AvgIpc) is 3.38. The molecular weight excluding hydrogens is 692 g/mol. The topological polar surface area (TPSA) is 252 Å². The van der Waals surface area contributed by atoms with Gasteiger partial charge in [0, 0.05) is 18.9 Å². The molecule has 1 aromatic heterocycles. The molecule has 0 saturated carbocycles. The van der Waals surface area contributed by atoms with Gasteiger partial charge in [0.15, 0.2) is 18.5 Å². The van der Waals surface area contributed by atoms with Gasteiger partial charge in [-0.1, -0.05) is 13.8 Å². The number of carbonyl (C=O) groups excluding carboxylic acids is 6. The third-order valence-electron chi connectivity index (χ3n) is 6.29. The molecule has 1 aliphatic rings. The van der Waals surface area contributed by atoms with Crippen LogP contribution in [0.3, 0.4) is 0 Å². The van der Waals surface area contributed by atoms with Gasteiger partial charge in [0.2, 0.25) is 6.10 Å². The Morgan fingerprint density at radius 1 is 0.980 bits per heavy atom. The molecule has 0 aromatic carbocycles. The van der Waals surface area contributed by atoms with Crippen LogP contribution < -0.4 is 25.6 Å². The van der Waals surface area contributed by atoms with Crippen molar-refractivity contribution in [2.24, 2.45) is 5.73 Å². The number of carboxylic acids is 1. The maximum atomic E-state index is 13.8. The lowest BCUT2D eigenvalue weighted by Crippen LogP contribution is -2.49. The molecule has 1 saturated heterocycles. The summed E-state index contributed by atoms with van der Waals surface area (Å²) in [7, 11) is -1.97. The minimum atomic E-state index is -5.19. The van der Waals surface area contributed by atoms with E-state index in [2.05, 4.69) is 19.6 Å². The standard InChI is InChI=1S/C25H37N4O12P.C2HF3O2/c1-7-18(30)40-20-17(13-38-42(35,27-14(3)24(33)36-5)28-15(4)25(34)37-6)39-23(21(20)41-19(31)8-2)29-11-9-10-16(12-29)22(26)32;3-2(4,5)1(6)7/h9-12,14-15,17,20-21,23H,7-8,13H2,1-6H3,(H3-,26,27,28,32,35);(H,6,7)/t14-,15-,17+,20+,21+,23+;/m0./s1. The molecule has 0 aliphatic carbocycles. The molecule has 0 radical (unpaired) electrons. The molecule has 6 atom stereocenters. The van der Waals surface area contributed by atoms with Gasteiger partial charge in [0.05, 0.1) is 20.8 Å². The van der Waals surface area contributed by atoms with Gasteiger partial charge in [-0.05, 0) is 19.9 Å². The van der Waals surface area contributed by atoms with E-state index in [0.717, 1.165) is 14.2 Å². The SMILES string of the molecule is CCC(=O)O[C@@H]1[C@H](OC(=O)CC)[C@@H](COP(=O)(N[C@@H](C)C(=O)OC)N[C@@H](C)C(=O)OC)O[C@H]1[n+]1cccc(C(N)=O)c1.O=C([O-])C(F)(F)F. The number of pyridine rings is 1. The van der Waals surface area contributed by atoms with Crippen LogP contribution >= 0.6 is 7.67 Å². The largest absolute Gasteiger partial charge is 0.542 e. The van der Waals surface area contributed by atoms with Gasteiger partial charge in [-0.3, -0.25) is 28.5 Å². The highest BCUT2D eigenvalue weighted by atomic mass is 31.2. The predicted octanol–water partition coefficient (Wildman–Crippen LogP) is -0.660. The van der Waals surface area contributed by atoms with Gasteiger partial charge in [-0.15, -0.1) is 0 Å². The number of hydrogen-bond acceptors (Lipinski definition) is 14. The van der Waals surface area contributed by atoms with Crippen LogP contribution in [0.2, 0.25) is 0 Å². The first-order valence-corrected chi connectivity index (χ1v) is 15.9. The van der Waals surface area contributed by atoms with E-state index in [9.17, 15) is 41.7 Å². The molecule has 1 amide bonds. The smallest absolute Gasteiger partial charge is 0.430 e. The van der Waals surface area contributed by atoms with E-state index in [1.165, 1.54) is 42.9 Å². The number of nitrogens with two attached hydrogens (primary N) is 1. The Kier molecular flexibility index (Phi) is 16.7. The number of nitrogens with one attached hydrogen (secondary N) is 2. The summed E-state index contributed by atoms with van der Waals surface area (Å²) in [6.07, 6.45) is -7.14. The van der Waals surface area contributed by atoms with Crippen molar-refractivity contribution >= 4 is 43.4 Å². The first-order chi connectivity index (χ1) is 22.7. The fraction of sp³-hybridized carbons (Fsp3) is 0.593. The van der Waals surface area contributed by atoms with E-state index in [-0.39, 0.29) is 18.4 Å². The minimum Gasteiger partial charge on any atom is -0.542 e. The average molecular weight is 731 g/mol. The van der Waals surface area contributed by atoms with E-state index < -0.39 is 92.8 Å². The zero-order valence-electron chi connectivity index (χ0n) is 27.2. The van der Waals surface area contributed by atoms with Crippen molar-refractivity contribution in [1.29, 1.82) is 0 Å². The number of aliphatic carboxylic acids is 1. The molecule has 2 rings (SSSR count).